The van der Waals surface area contributed by atoms with Crippen LogP contribution in [0.3, 0.4) is 0 Å². The molecule has 0 saturated carbocycles. The molecule has 0 saturated heterocycles. The van der Waals surface area contributed by atoms with E-state index in [-0.39, 0.29) is 8.42 Å². The second-order valence-corrected chi connectivity index (χ2v) is 21.0. The van der Waals surface area contributed by atoms with Gasteiger partial charge < -0.3 is 10.2 Å². The number of halogens is 4. The summed E-state index contributed by atoms with van der Waals surface area (Å²) in [6.07, 6.45) is 2.59. The number of aromatic nitrogens is 4. The second kappa shape index (κ2) is 15.6. The first kappa shape index (κ1) is 40.9. The molecule has 2 aliphatic rings. The number of nitrogens with zero attached hydrogens (tertiary/aromatic N) is 4. The number of aliphatic hydroxyl groups excluding tert-OH is 2. The molecular formula is C37H32Cl4N4O8S4. The number of aryl methyl sites for hydroxylation is 2. The van der Waals surface area contributed by atoms with Crippen LogP contribution in [0, 0.1) is 0 Å². The largest absolute Gasteiger partial charge is 0.387 e. The Morgan fingerprint density at radius 1 is 0.614 bits per heavy atom. The van der Waals surface area contributed by atoms with Crippen LogP contribution in [0.25, 0.3) is 32.5 Å². The molecule has 2 aromatic carbocycles. The fraction of sp³-hybridized carbons (Fsp3) is 0.297. The Morgan fingerprint density at radius 2 is 1.02 bits per heavy atom. The fourth-order valence-corrected chi connectivity index (χ4v) is 12.5. The number of thiophene rings is 2. The van der Waals surface area contributed by atoms with Crippen LogP contribution in [0.1, 0.15) is 78.0 Å². The summed E-state index contributed by atoms with van der Waals surface area (Å²) in [5.74, 6) is 0. The van der Waals surface area contributed by atoms with Gasteiger partial charge in [0.25, 0.3) is 0 Å². The van der Waals surface area contributed by atoms with Crippen molar-refractivity contribution in [3.63, 3.8) is 0 Å². The van der Waals surface area contributed by atoms with Crippen LogP contribution in [0.15, 0.2) is 56.9 Å². The zero-order valence-corrected chi connectivity index (χ0v) is 35.8. The average molecular weight is 931 g/mol. The van der Waals surface area contributed by atoms with Crippen molar-refractivity contribution < 1.29 is 36.2 Å². The molecule has 300 valence electrons. The van der Waals surface area contributed by atoms with Crippen LogP contribution in [0.4, 0.5) is 0 Å². The Balaban J connectivity index is 1.01. The Labute approximate surface area is 355 Å². The molecule has 57 heavy (non-hydrogen) atoms. The van der Waals surface area contributed by atoms with Gasteiger partial charge in [0.15, 0.2) is 0 Å². The van der Waals surface area contributed by atoms with Crippen LogP contribution in [0.5, 0.6) is 0 Å². The second-order valence-electron chi connectivity index (χ2n) is 13.9. The Hall–Kier alpha value is -2.84. The quantitative estimate of drug-likeness (QED) is 0.0681. The van der Waals surface area contributed by atoms with Gasteiger partial charge in [-0.1, -0.05) is 65.7 Å². The first-order valence-corrected chi connectivity index (χ1v) is 23.7. The van der Waals surface area contributed by atoms with Crippen molar-refractivity contribution in [2.75, 3.05) is 0 Å². The number of hydrogen-bond acceptors (Lipinski definition) is 10. The fourth-order valence-electron chi connectivity index (χ4n) is 7.56. The number of unbranched alkanes of at least 4 members (excludes halogenated alkanes) is 2. The number of fused-ring (bicyclic) bond motifs is 6. The van der Waals surface area contributed by atoms with E-state index < -0.39 is 32.4 Å². The molecule has 6 aromatic rings. The Morgan fingerprint density at radius 3 is 1.39 bits per heavy atom. The molecule has 0 aliphatic heterocycles. The maximum Gasteiger partial charge on any atom is 0.304 e. The molecule has 4 aromatic heterocycles. The highest BCUT2D eigenvalue weighted by atomic mass is 35.5. The molecule has 4 N–H and O–H groups in total. The van der Waals surface area contributed by atoms with E-state index in [1.165, 1.54) is 12.1 Å². The summed E-state index contributed by atoms with van der Waals surface area (Å²) in [7, 11) is -8.88. The van der Waals surface area contributed by atoms with Crippen LogP contribution >= 0.6 is 69.1 Å². The number of benzene rings is 2. The summed E-state index contributed by atoms with van der Waals surface area (Å²) >= 11 is 27.4. The maximum absolute atomic E-state index is 12.1. The minimum Gasteiger partial charge on any atom is -0.387 e. The van der Waals surface area contributed by atoms with Gasteiger partial charge in [0.05, 0.1) is 66.2 Å². The van der Waals surface area contributed by atoms with Gasteiger partial charge in [0, 0.05) is 21.2 Å². The molecule has 0 bridgehead atoms. The van der Waals surface area contributed by atoms with Gasteiger partial charge in [0.2, 0.25) is 0 Å². The molecule has 0 amide bonds. The van der Waals surface area contributed by atoms with Gasteiger partial charge in [-0.3, -0.25) is 9.11 Å². The molecule has 2 atom stereocenters. The maximum atomic E-state index is 12.1. The Bertz CT molecular complexity index is 2610. The van der Waals surface area contributed by atoms with Crippen LogP contribution in [-0.4, -0.2) is 55.7 Å². The van der Waals surface area contributed by atoms with Crippen LogP contribution in [0.2, 0.25) is 20.1 Å². The first-order valence-electron chi connectivity index (χ1n) is 17.7. The highest BCUT2D eigenvalue weighted by molar-refractivity contribution is 7.88. The minimum atomic E-state index is -4.44. The zero-order chi connectivity index (χ0) is 40.6. The summed E-state index contributed by atoms with van der Waals surface area (Å²) in [6.45, 7) is 0. The van der Waals surface area contributed by atoms with E-state index >= 15 is 0 Å². The molecule has 4 heterocycles. The molecule has 0 radical (unpaired) electrons. The number of rotatable bonds is 12. The predicted molar refractivity (Wildman–Crippen MR) is 221 cm³/mol. The van der Waals surface area contributed by atoms with Gasteiger partial charge in [0.1, 0.15) is 8.42 Å². The molecule has 2 aliphatic carbocycles. The highest BCUT2D eigenvalue weighted by Crippen LogP contribution is 2.47. The summed E-state index contributed by atoms with van der Waals surface area (Å²) in [4.78, 5) is 1.24. The molecule has 0 spiro atoms. The normalized spacial score (nSPS) is 14.9. The summed E-state index contributed by atoms with van der Waals surface area (Å²) < 4.78 is 70.6. The highest BCUT2D eigenvalue weighted by Gasteiger charge is 2.34. The predicted octanol–water partition coefficient (Wildman–Crippen LogP) is 9.54. The van der Waals surface area contributed by atoms with E-state index in [1.54, 1.807) is 45.8 Å². The van der Waals surface area contributed by atoms with Gasteiger partial charge in [-0.05, 0) is 98.2 Å². The third-order valence-electron chi connectivity index (χ3n) is 10.2. The zero-order valence-electron chi connectivity index (χ0n) is 29.5. The van der Waals surface area contributed by atoms with E-state index in [0.717, 1.165) is 44.9 Å². The lowest BCUT2D eigenvalue weighted by atomic mass is 9.92. The van der Waals surface area contributed by atoms with E-state index in [2.05, 4.69) is 0 Å². The van der Waals surface area contributed by atoms with E-state index in [4.69, 9.17) is 56.6 Å². The van der Waals surface area contributed by atoms with Crippen molar-refractivity contribution in [2.24, 2.45) is 0 Å². The first-order chi connectivity index (χ1) is 27.0. The summed E-state index contributed by atoms with van der Waals surface area (Å²) in [5.41, 5.74) is 6.11. The molecule has 0 fully saturated rings. The van der Waals surface area contributed by atoms with Crippen molar-refractivity contribution >= 4 is 89.3 Å². The standard InChI is InChI=1S/C37H32Cl4N4O8S4/c38-20-8-12-26(24(40)16-20)44-34-22(10-6-18-14-30(54-36(18)34)56(48,49)50)32(42-44)28(46)4-2-1-3-5-29(47)33-23-11-7-19-15-31(57(51,52)53)55-37(19)35(23)45(43-33)27-13-9-21(39)17-25(27)41/h8-9,12-17,28-29,46-47H,1-7,10-11H2,(H,48,49,50)(H,51,52,53). The number of hydrogen-bond donors (Lipinski definition) is 4. The van der Waals surface area contributed by atoms with Crippen LogP contribution < -0.4 is 0 Å². The summed E-state index contributed by atoms with van der Waals surface area (Å²) in [5, 5.41) is 34.2. The van der Waals surface area contributed by atoms with Crippen molar-refractivity contribution in [2.45, 2.75) is 78.4 Å². The van der Waals surface area contributed by atoms with Crippen molar-refractivity contribution in [1.29, 1.82) is 0 Å². The molecule has 12 nitrogen and oxygen atoms in total. The lowest BCUT2D eigenvalue weighted by molar-refractivity contribution is 0.148. The smallest absolute Gasteiger partial charge is 0.304 e. The molecule has 8 rings (SSSR count). The van der Waals surface area contributed by atoms with Crippen molar-refractivity contribution in [3.05, 3.63) is 102 Å². The van der Waals surface area contributed by atoms with Gasteiger partial charge in [-0.15, -0.1) is 22.7 Å². The lowest BCUT2D eigenvalue weighted by Crippen LogP contribution is -2.07. The minimum absolute atomic E-state index is 0.178. The topological polar surface area (TPSA) is 185 Å². The van der Waals surface area contributed by atoms with Crippen LogP contribution in [-0.2, 0) is 45.9 Å². The average Bonchev–Trinajstić information content (AvgIpc) is 3.93. The SMILES string of the molecule is O=S(=O)(O)c1cc2c(s1)-c1c(c(C(O)CCCCCC(O)c3nn(-c4ccc(Cl)cc4Cl)c4c3CCc3cc(S(=O)(=O)O)sc3-4)nn1-c1ccc(Cl)cc1Cl)CC2. The monoisotopic (exact) mass is 928 g/mol. The van der Waals surface area contributed by atoms with E-state index in [0.29, 0.717) is 122 Å². The third kappa shape index (κ3) is 7.85. The van der Waals surface area contributed by atoms with Crippen molar-refractivity contribution in [3.8, 4) is 32.5 Å². The number of aliphatic hydroxyl groups is 2. The third-order valence-corrected chi connectivity index (χ3v) is 16.2. The molecule has 20 heteroatoms. The van der Waals surface area contributed by atoms with Gasteiger partial charge in [-0.25, -0.2) is 9.36 Å². The lowest BCUT2D eigenvalue weighted by Gasteiger charge is -2.17. The summed E-state index contributed by atoms with van der Waals surface area (Å²) in [6, 6.07) is 12.8. The molecule has 2 unspecified atom stereocenters. The van der Waals surface area contributed by atoms with Crippen molar-refractivity contribution in [1.82, 2.24) is 19.6 Å². The molecular weight excluding hydrogens is 899 g/mol. The van der Waals surface area contributed by atoms with E-state index in [1.807, 2.05) is 0 Å². The van der Waals surface area contributed by atoms with Gasteiger partial charge >= 0.3 is 20.2 Å². The van der Waals surface area contributed by atoms with E-state index in [9.17, 15) is 36.2 Å². The van der Waals surface area contributed by atoms with Gasteiger partial charge in [-0.2, -0.15) is 27.0 Å². The Kier molecular flexibility index (Phi) is 11.2.